The predicted octanol–water partition coefficient (Wildman–Crippen LogP) is 3.98. The minimum atomic E-state index is -1.69. The first-order chi connectivity index (χ1) is 38.3. The third kappa shape index (κ3) is 14.2. The largest absolute Gasteiger partial charge is 0.445 e. The molecule has 22 nitrogen and oxygen atoms in total. The van der Waals surface area contributed by atoms with Gasteiger partial charge in [-0.25, -0.2) is 14.4 Å². The number of carbonyl (C=O) groups excluding carboxylic acids is 3. The van der Waals surface area contributed by atoms with Crippen molar-refractivity contribution in [2.45, 2.75) is 176 Å². The highest BCUT2D eigenvalue weighted by Gasteiger charge is 2.57. The molecule has 20 atom stereocenters. The molecule has 5 aliphatic rings. The number of hydrogen-bond acceptors (Lipinski definition) is 19. The van der Waals surface area contributed by atoms with E-state index in [9.17, 15) is 39.9 Å². The van der Waals surface area contributed by atoms with E-state index >= 15 is 0 Å². The van der Waals surface area contributed by atoms with Gasteiger partial charge in [0.05, 0.1) is 37.0 Å². The zero-order valence-corrected chi connectivity index (χ0v) is 44.0. The monoisotopic (exact) mass is 1100 g/mol. The van der Waals surface area contributed by atoms with E-state index < -0.39 is 141 Å². The van der Waals surface area contributed by atoms with Gasteiger partial charge in [0.25, 0.3) is 0 Å². The van der Waals surface area contributed by atoms with Crippen LogP contribution in [0.25, 0.3) is 0 Å². The molecule has 22 heteroatoms. The maximum atomic E-state index is 13.9. The smallest absolute Gasteiger partial charge is 0.407 e. The number of nitrogens with one attached hydrogen (secondary N) is 3. The number of alkyl carbamates (subject to hydrolysis) is 3. The first kappa shape index (κ1) is 57.8. The Balaban J connectivity index is 0.983. The second kappa shape index (κ2) is 27.1. The van der Waals surface area contributed by atoms with Crippen LogP contribution in [0.5, 0.6) is 0 Å². The summed E-state index contributed by atoms with van der Waals surface area (Å²) >= 11 is 0. The van der Waals surface area contributed by atoms with Crippen LogP contribution in [0.2, 0.25) is 0 Å². The third-order valence-electron chi connectivity index (χ3n) is 14.9. The second-order valence-corrected chi connectivity index (χ2v) is 20.3. The molecular weight excluding hydrogens is 1030 g/mol. The molecule has 0 bridgehead atoms. The SMILES string of the molecule is CCC1OC(OC2C(CC)OC(OC3C(O)C(NC(=O)OCc4ccccc4)CC(NC(=O)OCc4ccccc4)C3OC3OC4COC(c5ccccc5)OC4C(O)C3C)C2O)C(NC(=O)OCc2ccccc2)C(O)C1O. The topological polar surface area (TPSA) is 290 Å². The first-order valence-corrected chi connectivity index (χ1v) is 26.8. The summed E-state index contributed by atoms with van der Waals surface area (Å²) in [5.74, 6) is -0.813. The van der Waals surface area contributed by atoms with Crippen molar-refractivity contribution in [3.05, 3.63) is 144 Å². The Kier molecular flexibility index (Phi) is 19.8. The Morgan fingerprint density at radius 2 is 1.00 bits per heavy atom. The molecule has 1 aliphatic carbocycles. The molecule has 3 amide bonds. The van der Waals surface area contributed by atoms with E-state index in [1.165, 1.54) is 0 Å². The summed E-state index contributed by atoms with van der Waals surface area (Å²) < 4.78 is 67.9. The average Bonchev–Trinajstić information content (AvgIpc) is 3.97. The van der Waals surface area contributed by atoms with Crippen LogP contribution in [-0.4, -0.2) is 161 Å². The number of amides is 3. The van der Waals surface area contributed by atoms with Gasteiger partial charge >= 0.3 is 18.3 Å². The normalized spacial score (nSPS) is 35.3. The van der Waals surface area contributed by atoms with E-state index in [4.69, 9.17) is 52.1 Å². The van der Waals surface area contributed by atoms with Crippen molar-refractivity contribution < 1.29 is 92.0 Å². The molecule has 4 aromatic rings. The highest BCUT2D eigenvalue weighted by atomic mass is 16.8. The van der Waals surface area contributed by atoms with Gasteiger partial charge < -0.3 is 93.6 Å². The summed E-state index contributed by atoms with van der Waals surface area (Å²) in [6.07, 6.45) is -23.2. The maximum absolute atomic E-state index is 13.9. The fourth-order valence-corrected chi connectivity index (χ4v) is 10.5. The van der Waals surface area contributed by atoms with Crippen molar-refractivity contribution in [2.24, 2.45) is 5.92 Å². The van der Waals surface area contributed by atoms with Gasteiger partial charge in [0.2, 0.25) is 0 Å². The number of aliphatic hydroxyl groups excluding tert-OH is 5. The molecule has 5 fully saturated rings. The van der Waals surface area contributed by atoms with Gasteiger partial charge in [-0.2, -0.15) is 0 Å². The molecule has 4 saturated heterocycles. The summed E-state index contributed by atoms with van der Waals surface area (Å²) in [5, 5.41) is 67.3. The van der Waals surface area contributed by atoms with Crippen LogP contribution in [0, 0.1) is 5.92 Å². The van der Waals surface area contributed by atoms with E-state index in [0.717, 1.165) is 5.56 Å². The maximum Gasteiger partial charge on any atom is 0.407 e. The molecule has 4 heterocycles. The molecule has 1 saturated carbocycles. The molecule has 9 rings (SSSR count). The number of benzene rings is 4. The zero-order chi connectivity index (χ0) is 55.6. The highest BCUT2D eigenvalue weighted by Crippen LogP contribution is 2.40. The average molecular weight is 1100 g/mol. The lowest BCUT2D eigenvalue weighted by molar-refractivity contribution is -0.366. The van der Waals surface area contributed by atoms with E-state index in [2.05, 4.69) is 16.0 Å². The summed E-state index contributed by atoms with van der Waals surface area (Å²) in [5.41, 5.74) is 2.83. The minimum absolute atomic E-state index is 0.00147. The van der Waals surface area contributed by atoms with Crippen LogP contribution in [0.3, 0.4) is 0 Å². The van der Waals surface area contributed by atoms with Gasteiger partial charge in [-0.1, -0.05) is 142 Å². The molecule has 0 radical (unpaired) electrons. The number of carbonyl (C=O) groups is 3. The van der Waals surface area contributed by atoms with Crippen LogP contribution < -0.4 is 16.0 Å². The van der Waals surface area contributed by atoms with Crippen molar-refractivity contribution in [1.82, 2.24) is 16.0 Å². The molecular formula is C57H71N3O19. The van der Waals surface area contributed by atoms with Gasteiger partial charge in [-0.3, -0.25) is 0 Å². The summed E-state index contributed by atoms with van der Waals surface area (Å²) in [4.78, 5) is 40.7. The Hall–Kier alpha value is -5.83. The van der Waals surface area contributed by atoms with E-state index in [1.54, 1.807) is 93.6 Å². The summed E-state index contributed by atoms with van der Waals surface area (Å²) in [7, 11) is 0. The van der Waals surface area contributed by atoms with E-state index in [-0.39, 0.29) is 45.7 Å². The fourth-order valence-electron chi connectivity index (χ4n) is 10.5. The second-order valence-electron chi connectivity index (χ2n) is 20.3. The predicted molar refractivity (Wildman–Crippen MR) is 276 cm³/mol. The Bertz CT molecular complexity index is 2540. The molecule has 428 valence electrons. The van der Waals surface area contributed by atoms with Gasteiger partial charge in [-0.05, 0) is 36.0 Å². The summed E-state index contributed by atoms with van der Waals surface area (Å²) in [6.45, 7) is 4.85. The first-order valence-electron chi connectivity index (χ1n) is 26.8. The van der Waals surface area contributed by atoms with Crippen LogP contribution >= 0.6 is 0 Å². The molecule has 4 aromatic carbocycles. The highest BCUT2D eigenvalue weighted by molar-refractivity contribution is 5.69. The van der Waals surface area contributed by atoms with Crippen LogP contribution in [0.15, 0.2) is 121 Å². The number of ether oxygens (including phenoxy) is 11. The van der Waals surface area contributed by atoms with Crippen molar-refractivity contribution in [3.8, 4) is 0 Å². The molecule has 0 aromatic heterocycles. The quantitative estimate of drug-likeness (QED) is 0.0654. The Labute approximate surface area is 457 Å². The van der Waals surface area contributed by atoms with Gasteiger partial charge in [0.15, 0.2) is 25.2 Å². The lowest BCUT2D eigenvalue weighted by Crippen LogP contribution is -2.68. The third-order valence-corrected chi connectivity index (χ3v) is 14.9. The fraction of sp³-hybridized carbons (Fsp3) is 0.526. The van der Waals surface area contributed by atoms with Crippen molar-refractivity contribution in [2.75, 3.05) is 6.61 Å². The Morgan fingerprint density at radius 1 is 0.506 bits per heavy atom. The lowest BCUT2D eigenvalue weighted by Gasteiger charge is -2.50. The van der Waals surface area contributed by atoms with Gasteiger partial charge in [0, 0.05) is 11.5 Å². The zero-order valence-electron chi connectivity index (χ0n) is 44.0. The molecule has 8 N–H and O–H groups in total. The molecule has 4 aliphatic heterocycles. The van der Waals surface area contributed by atoms with Crippen molar-refractivity contribution >= 4 is 18.3 Å². The van der Waals surface area contributed by atoms with Gasteiger partial charge in [-0.15, -0.1) is 0 Å². The summed E-state index contributed by atoms with van der Waals surface area (Å²) in [6, 6.07) is 32.3. The Morgan fingerprint density at radius 3 is 1.56 bits per heavy atom. The standard InChI is InChI=1S/C57H71N3O19/c1-4-38-44(63)45(64)41(60-57(68)72-29-34-22-14-8-15-23-34)53(73-38)78-48-39(5-2)74-54(46(48)65)79-50-43(62)36(58-55(66)70-27-32-18-10-6-11-19-32)26-37(59-56(67)71-28-33-20-12-7-13-21-33)47(50)76-51-31(3)42(61)49-40(75-51)30-69-52(77-49)35-24-16-9-17-25-35/h6-25,31,36-54,61-65H,4-5,26-30H2,1-3H3,(H,58,66)(H,59,67)(H,60,68). The number of rotatable bonds is 18. The van der Waals surface area contributed by atoms with Crippen LogP contribution in [0.1, 0.15) is 68.6 Å². The number of hydrogen-bond donors (Lipinski definition) is 8. The van der Waals surface area contributed by atoms with Crippen molar-refractivity contribution in [3.63, 3.8) is 0 Å². The molecule has 20 unspecified atom stereocenters. The molecule has 0 spiro atoms. The van der Waals surface area contributed by atoms with E-state index in [0.29, 0.717) is 16.7 Å². The van der Waals surface area contributed by atoms with Gasteiger partial charge in [0.1, 0.15) is 80.8 Å². The van der Waals surface area contributed by atoms with E-state index in [1.807, 2.05) is 48.5 Å². The minimum Gasteiger partial charge on any atom is -0.445 e. The number of aliphatic hydroxyl groups is 5. The van der Waals surface area contributed by atoms with Crippen molar-refractivity contribution in [1.29, 1.82) is 0 Å². The molecule has 79 heavy (non-hydrogen) atoms. The lowest BCUT2D eigenvalue weighted by atomic mass is 9.83. The van der Waals surface area contributed by atoms with Crippen LogP contribution in [0.4, 0.5) is 14.4 Å². The van der Waals surface area contributed by atoms with Crippen LogP contribution in [-0.2, 0) is 71.9 Å². The number of fused-ring (bicyclic) bond motifs is 1.